The van der Waals surface area contributed by atoms with Crippen LogP contribution in [0, 0.1) is 5.92 Å². The number of hydrazine groups is 1. The van der Waals surface area contributed by atoms with E-state index in [1.807, 2.05) is 6.21 Å². The van der Waals surface area contributed by atoms with Crippen LogP contribution >= 0.6 is 0 Å². The van der Waals surface area contributed by atoms with Crippen molar-refractivity contribution in [3.05, 3.63) is 0 Å². The zero-order chi connectivity index (χ0) is 6.27. The van der Waals surface area contributed by atoms with E-state index in [9.17, 15) is 0 Å². The Labute approximate surface area is 53.5 Å². The van der Waals surface area contributed by atoms with Crippen LogP contribution < -0.4 is 16.6 Å². The number of nitrogens with zero attached hydrogens (tertiary/aromatic N) is 1. The topological polar surface area (TPSA) is 62.4 Å². The molecule has 1 fully saturated rings. The molecule has 1 saturated heterocycles. The number of hydrogen-bond acceptors (Lipinski definition) is 4. The molecule has 0 saturated carbocycles. The van der Waals surface area contributed by atoms with Crippen LogP contribution in [-0.4, -0.2) is 25.0 Å². The fraction of sp³-hybridized carbons (Fsp3) is 0.800. The third kappa shape index (κ3) is 0.676. The predicted octanol–water partition coefficient (Wildman–Crippen LogP) is -1.55. The quantitative estimate of drug-likeness (QED) is 0.368. The van der Waals surface area contributed by atoms with Crippen molar-refractivity contribution in [2.75, 3.05) is 6.54 Å². The van der Waals surface area contributed by atoms with Gasteiger partial charge in [0.1, 0.15) is 0 Å². The molecule has 9 heavy (non-hydrogen) atoms. The lowest BCUT2D eigenvalue weighted by Crippen LogP contribution is -2.40. The van der Waals surface area contributed by atoms with Crippen molar-refractivity contribution >= 4 is 6.21 Å². The van der Waals surface area contributed by atoms with Crippen LogP contribution in [0.2, 0.25) is 0 Å². The molecule has 0 spiro atoms. The Balaban J connectivity index is 2.13. The molecule has 3 atom stereocenters. The molecule has 0 aromatic heterocycles. The highest BCUT2D eigenvalue weighted by Crippen LogP contribution is 2.14. The minimum Gasteiger partial charge on any atom is -0.315 e. The van der Waals surface area contributed by atoms with E-state index in [4.69, 9.17) is 5.73 Å². The maximum absolute atomic E-state index is 5.67. The Morgan fingerprint density at radius 3 is 3.22 bits per heavy atom. The second-order valence-electron chi connectivity index (χ2n) is 2.52. The first-order valence-electron chi connectivity index (χ1n) is 3.14. The molecule has 3 unspecified atom stereocenters. The summed E-state index contributed by atoms with van der Waals surface area (Å²) >= 11 is 0. The molecule has 0 bridgehead atoms. The summed E-state index contributed by atoms with van der Waals surface area (Å²) in [6, 6.07) is 0.375. The average molecular weight is 126 g/mol. The molecule has 0 radical (unpaired) electrons. The first kappa shape index (κ1) is 5.34. The summed E-state index contributed by atoms with van der Waals surface area (Å²) < 4.78 is 0. The van der Waals surface area contributed by atoms with Crippen LogP contribution in [0.15, 0.2) is 4.99 Å². The lowest BCUT2D eigenvalue weighted by Gasteiger charge is -2.08. The molecule has 50 valence electrons. The highest BCUT2D eigenvalue weighted by Gasteiger charge is 2.34. The van der Waals surface area contributed by atoms with Gasteiger partial charge in [0.2, 0.25) is 0 Å². The van der Waals surface area contributed by atoms with Gasteiger partial charge < -0.3 is 5.73 Å². The van der Waals surface area contributed by atoms with Crippen molar-refractivity contribution in [1.29, 1.82) is 0 Å². The third-order valence-electron chi connectivity index (χ3n) is 1.92. The largest absolute Gasteiger partial charge is 0.315 e. The van der Waals surface area contributed by atoms with Gasteiger partial charge in [-0.25, -0.2) is 10.9 Å². The average Bonchev–Trinajstić information content (AvgIpc) is 2.35. The van der Waals surface area contributed by atoms with Crippen LogP contribution in [0.25, 0.3) is 0 Å². The minimum atomic E-state index is 0.0810. The molecule has 2 heterocycles. The summed E-state index contributed by atoms with van der Waals surface area (Å²) in [4.78, 5) is 4.11. The molecule has 2 aliphatic heterocycles. The van der Waals surface area contributed by atoms with E-state index in [0.717, 1.165) is 6.54 Å². The Morgan fingerprint density at radius 1 is 1.56 bits per heavy atom. The smallest absolute Gasteiger partial charge is 0.0744 e. The van der Waals surface area contributed by atoms with Gasteiger partial charge in [0.25, 0.3) is 0 Å². The van der Waals surface area contributed by atoms with Crippen molar-refractivity contribution in [1.82, 2.24) is 10.9 Å². The maximum Gasteiger partial charge on any atom is 0.0744 e. The molecule has 0 aromatic carbocycles. The second kappa shape index (κ2) is 1.76. The Hall–Kier alpha value is -0.450. The van der Waals surface area contributed by atoms with Gasteiger partial charge >= 0.3 is 0 Å². The summed E-state index contributed by atoms with van der Waals surface area (Å²) in [5, 5.41) is 0. The zero-order valence-electron chi connectivity index (χ0n) is 5.04. The van der Waals surface area contributed by atoms with Gasteiger partial charge in [0.05, 0.1) is 12.2 Å². The van der Waals surface area contributed by atoms with Crippen LogP contribution in [0.4, 0.5) is 0 Å². The maximum atomic E-state index is 5.67. The van der Waals surface area contributed by atoms with Crippen LogP contribution in [-0.2, 0) is 0 Å². The van der Waals surface area contributed by atoms with E-state index < -0.39 is 0 Å². The van der Waals surface area contributed by atoms with Gasteiger partial charge in [-0.1, -0.05) is 0 Å². The fourth-order valence-corrected chi connectivity index (χ4v) is 1.30. The highest BCUT2D eigenvalue weighted by atomic mass is 15.5. The summed E-state index contributed by atoms with van der Waals surface area (Å²) in [6.45, 7) is 0.867. The van der Waals surface area contributed by atoms with Gasteiger partial charge in [-0.05, 0) is 0 Å². The van der Waals surface area contributed by atoms with E-state index >= 15 is 0 Å². The fourth-order valence-electron chi connectivity index (χ4n) is 1.30. The number of hydrogen-bond donors (Lipinski definition) is 3. The number of fused-ring (bicyclic) bond motifs is 1. The van der Waals surface area contributed by atoms with E-state index in [1.165, 1.54) is 0 Å². The molecule has 4 heteroatoms. The minimum absolute atomic E-state index is 0.0810. The first-order chi connectivity index (χ1) is 4.38. The zero-order valence-corrected chi connectivity index (χ0v) is 5.04. The molecule has 0 amide bonds. The van der Waals surface area contributed by atoms with E-state index in [-0.39, 0.29) is 6.17 Å². The number of rotatable bonds is 0. The molecule has 2 aliphatic rings. The van der Waals surface area contributed by atoms with Crippen LogP contribution in [0.1, 0.15) is 0 Å². The lowest BCUT2D eigenvalue weighted by molar-refractivity contribution is 0.481. The lowest BCUT2D eigenvalue weighted by atomic mass is 10.0. The molecule has 0 aliphatic carbocycles. The molecular weight excluding hydrogens is 116 g/mol. The van der Waals surface area contributed by atoms with Gasteiger partial charge in [0.15, 0.2) is 0 Å². The normalized spacial score (nSPS) is 47.9. The molecule has 4 N–H and O–H groups in total. The van der Waals surface area contributed by atoms with Crippen molar-refractivity contribution in [2.24, 2.45) is 16.6 Å². The summed E-state index contributed by atoms with van der Waals surface area (Å²) in [5.74, 6) is 0.477. The molecule has 2 rings (SSSR count). The molecule has 4 nitrogen and oxygen atoms in total. The number of aliphatic imine (C=N–C) groups is 1. The predicted molar refractivity (Wildman–Crippen MR) is 34.9 cm³/mol. The van der Waals surface area contributed by atoms with E-state index in [1.54, 1.807) is 0 Å². The monoisotopic (exact) mass is 126 g/mol. The summed E-state index contributed by atoms with van der Waals surface area (Å²) in [5.41, 5.74) is 11.7. The first-order valence-corrected chi connectivity index (χ1v) is 3.14. The SMILES string of the molecule is NC1NNC2C=NCC12. The summed E-state index contributed by atoms with van der Waals surface area (Å²) in [7, 11) is 0. The Morgan fingerprint density at radius 2 is 2.44 bits per heavy atom. The van der Waals surface area contributed by atoms with Crippen molar-refractivity contribution in [3.63, 3.8) is 0 Å². The van der Waals surface area contributed by atoms with Crippen molar-refractivity contribution in [2.45, 2.75) is 12.2 Å². The standard InChI is InChI=1S/C5H10N4/c6-5-3-1-7-2-4(3)8-9-5/h2-5,8-9H,1,6H2. The number of nitrogens with one attached hydrogen (secondary N) is 2. The van der Waals surface area contributed by atoms with Crippen LogP contribution in [0.3, 0.4) is 0 Å². The van der Waals surface area contributed by atoms with Crippen molar-refractivity contribution in [3.8, 4) is 0 Å². The molecular formula is C5H10N4. The Kier molecular flexibility index (Phi) is 1.05. The van der Waals surface area contributed by atoms with Crippen LogP contribution in [0.5, 0.6) is 0 Å². The van der Waals surface area contributed by atoms with Gasteiger partial charge in [-0.2, -0.15) is 0 Å². The second-order valence-corrected chi connectivity index (χ2v) is 2.52. The third-order valence-corrected chi connectivity index (χ3v) is 1.92. The van der Waals surface area contributed by atoms with Crippen molar-refractivity contribution < 1.29 is 0 Å². The van der Waals surface area contributed by atoms with Gasteiger partial charge in [0, 0.05) is 18.7 Å². The Bertz CT molecular complexity index is 144. The van der Waals surface area contributed by atoms with Gasteiger partial charge in [-0.15, -0.1) is 0 Å². The highest BCUT2D eigenvalue weighted by molar-refractivity contribution is 5.68. The molecule has 0 aromatic rings. The summed E-state index contributed by atoms with van der Waals surface area (Å²) in [6.07, 6.45) is 2.00. The van der Waals surface area contributed by atoms with E-state index in [0.29, 0.717) is 12.0 Å². The number of nitrogens with two attached hydrogens (primary N) is 1. The van der Waals surface area contributed by atoms with Gasteiger partial charge in [-0.3, -0.25) is 4.99 Å². The van der Waals surface area contributed by atoms with E-state index in [2.05, 4.69) is 15.8 Å².